The Balaban J connectivity index is 1.92. The molecule has 0 fully saturated rings. The lowest BCUT2D eigenvalue weighted by Gasteiger charge is -2.09. The first-order valence-electron chi connectivity index (χ1n) is 9.46. The second kappa shape index (κ2) is 11.5. The molecule has 2 aromatic rings. The van der Waals surface area contributed by atoms with Gasteiger partial charge in [0.05, 0.1) is 28.8 Å². The summed E-state index contributed by atoms with van der Waals surface area (Å²) < 4.78 is 16.5. The van der Waals surface area contributed by atoms with E-state index < -0.39 is 11.9 Å². The van der Waals surface area contributed by atoms with Gasteiger partial charge in [0.2, 0.25) is 0 Å². The summed E-state index contributed by atoms with van der Waals surface area (Å²) in [6.07, 6.45) is 4.58. The zero-order valence-corrected chi connectivity index (χ0v) is 17.8. The van der Waals surface area contributed by atoms with E-state index in [1.165, 1.54) is 12.8 Å². The second-order valence-corrected chi connectivity index (χ2v) is 7.04. The first-order valence-corrected chi connectivity index (χ1v) is 10.3. The summed E-state index contributed by atoms with van der Waals surface area (Å²) in [5, 5.41) is 0. The number of halogens is 1. The fourth-order valence-electron chi connectivity index (χ4n) is 2.49. The average molecular weight is 449 g/mol. The van der Waals surface area contributed by atoms with Crippen molar-refractivity contribution in [3.05, 3.63) is 58.1 Å². The molecule has 0 saturated heterocycles. The lowest BCUT2D eigenvalue weighted by atomic mass is 10.2. The summed E-state index contributed by atoms with van der Waals surface area (Å²) in [6, 6.07) is 11.5. The van der Waals surface area contributed by atoms with Gasteiger partial charge >= 0.3 is 11.9 Å². The molecule has 0 heterocycles. The standard InChI is InChI=1S/C22H25BrO5/c1-3-5-6-7-14-27-18-11-8-16(9-12-18)22(25)28-20-13-10-17(15-19(20)23)21(24)26-4-2/h8-13,15H,3-7,14H2,1-2H3. The maximum atomic E-state index is 12.4. The van der Waals surface area contributed by atoms with Crippen molar-refractivity contribution in [3.8, 4) is 11.5 Å². The maximum absolute atomic E-state index is 12.4. The Morgan fingerprint density at radius 1 is 0.893 bits per heavy atom. The highest BCUT2D eigenvalue weighted by molar-refractivity contribution is 9.10. The summed E-state index contributed by atoms with van der Waals surface area (Å²) >= 11 is 3.32. The van der Waals surface area contributed by atoms with Gasteiger partial charge in [0.15, 0.2) is 0 Å². The largest absolute Gasteiger partial charge is 0.494 e. The van der Waals surface area contributed by atoms with Crippen LogP contribution in [0.3, 0.4) is 0 Å². The number of carbonyl (C=O) groups excluding carboxylic acids is 2. The van der Waals surface area contributed by atoms with Crippen LogP contribution < -0.4 is 9.47 Å². The summed E-state index contributed by atoms with van der Waals surface area (Å²) in [7, 11) is 0. The summed E-state index contributed by atoms with van der Waals surface area (Å²) in [4.78, 5) is 24.1. The van der Waals surface area contributed by atoms with Gasteiger partial charge < -0.3 is 14.2 Å². The molecular weight excluding hydrogens is 424 g/mol. The number of unbranched alkanes of at least 4 members (excludes halogenated alkanes) is 3. The van der Waals surface area contributed by atoms with Crippen LogP contribution in [0.5, 0.6) is 11.5 Å². The van der Waals surface area contributed by atoms with E-state index in [0.717, 1.165) is 18.6 Å². The van der Waals surface area contributed by atoms with Gasteiger partial charge in [-0.2, -0.15) is 0 Å². The fraction of sp³-hybridized carbons (Fsp3) is 0.364. The molecule has 0 spiro atoms. The van der Waals surface area contributed by atoms with E-state index in [1.54, 1.807) is 49.4 Å². The number of esters is 2. The van der Waals surface area contributed by atoms with Crippen molar-refractivity contribution in [2.45, 2.75) is 39.5 Å². The van der Waals surface area contributed by atoms with Crippen molar-refractivity contribution in [2.75, 3.05) is 13.2 Å². The van der Waals surface area contributed by atoms with Gasteiger partial charge in [0.1, 0.15) is 11.5 Å². The minimum Gasteiger partial charge on any atom is -0.494 e. The molecule has 150 valence electrons. The topological polar surface area (TPSA) is 61.8 Å². The van der Waals surface area contributed by atoms with Crippen LogP contribution in [0.1, 0.15) is 60.2 Å². The molecule has 0 amide bonds. The van der Waals surface area contributed by atoms with Gasteiger partial charge in [-0.25, -0.2) is 9.59 Å². The first-order chi connectivity index (χ1) is 13.5. The number of ether oxygens (including phenoxy) is 3. The Kier molecular flexibility index (Phi) is 9.01. The summed E-state index contributed by atoms with van der Waals surface area (Å²) in [5.74, 6) is 0.146. The minimum absolute atomic E-state index is 0.297. The molecule has 0 unspecified atom stereocenters. The molecule has 0 bridgehead atoms. The highest BCUT2D eigenvalue weighted by atomic mass is 79.9. The van der Waals surface area contributed by atoms with E-state index in [4.69, 9.17) is 14.2 Å². The van der Waals surface area contributed by atoms with Crippen LogP contribution in [-0.4, -0.2) is 25.2 Å². The molecule has 0 radical (unpaired) electrons. The predicted octanol–water partition coefficient (Wildman–Crippen LogP) is 5.80. The molecule has 0 aliphatic heterocycles. The van der Waals surface area contributed by atoms with Gasteiger partial charge in [-0.1, -0.05) is 26.2 Å². The number of benzene rings is 2. The van der Waals surface area contributed by atoms with E-state index >= 15 is 0 Å². The Hall–Kier alpha value is -2.34. The Bertz CT molecular complexity index is 786. The molecule has 2 rings (SSSR count). The molecule has 6 heteroatoms. The normalized spacial score (nSPS) is 10.4. The predicted molar refractivity (Wildman–Crippen MR) is 111 cm³/mol. The lowest BCUT2D eigenvalue weighted by Crippen LogP contribution is -2.10. The third-order valence-corrected chi connectivity index (χ3v) is 4.62. The Labute approximate surface area is 174 Å². The third kappa shape index (κ3) is 6.68. The van der Waals surface area contributed by atoms with Crippen LogP contribution in [0.2, 0.25) is 0 Å². The van der Waals surface area contributed by atoms with E-state index in [-0.39, 0.29) is 0 Å². The highest BCUT2D eigenvalue weighted by Crippen LogP contribution is 2.27. The zero-order chi connectivity index (χ0) is 20.4. The van der Waals surface area contributed by atoms with Gasteiger partial charge in [-0.05, 0) is 71.7 Å². The molecule has 5 nitrogen and oxygen atoms in total. The van der Waals surface area contributed by atoms with Crippen molar-refractivity contribution in [1.82, 2.24) is 0 Å². The van der Waals surface area contributed by atoms with E-state index in [2.05, 4.69) is 22.9 Å². The summed E-state index contributed by atoms with van der Waals surface area (Å²) in [5.41, 5.74) is 0.800. The quantitative estimate of drug-likeness (QED) is 0.261. The van der Waals surface area contributed by atoms with Crippen LogP contribution in [0, 0.1) is 0 Å². The first kappa shape index (κ1) is 22.0. The highest BCUT2D eigenvalue weighted by Gasteiger charge is 2.14. The van der Waals surface area contributed by atoms with E-state index in [1.807, 2.05) is 0 Å². The minimum atomic E-state index is -0.487. The van der Waals surface area contributed by atoms with Crippen LogP contribution in [0.15, 0.2) is 46.9 Å². The van der Waals surface area contributed by atoms with Crippen molar-refractivity contribution in [1.29, 1.82) is 0 Å². The van der Waals surface area contributed by atoms with Crippen molar-refractivity contribution in [2.24, 2.45) is 0 Å². The molecule has 0 N–H and O–H groups in total. The maximum Gasteiger partial charge on any atom is 0.343 e. The van der Waals surface area contributed by atoms with Gasteiger partial charge in [-0.3, -0.25) is 0 Å². The van der Waals surface area contributed by atoms with E-state index in [9.17, 15) is 9.59 Å². The van der Waals surface area contributed by atoms with Gasteiger partial charge in [-0.15, -0.1) is 0 Å². The van der Waals surface area contributed by atoms with Gasteiger partial charge in [0, 0.05) is 0 Å². The van der Waals surface area contributed by atoms with Crippen molar-refractivity contribution in [3.63, 3.8) is 0 Å². The molecule has 2 aromatic carbocycles. The number of hydrogen-bond acceptors (Lipinski definition) is 5. The Morgan fingerprint density at radius 3 is 2.25 bits per heavy atom. The molecular formula is C22H25BrO5. The summed E-state index contributed by atoms with van der Waals surface area (Å²) in [6.45, 7) is 4.88. The molecule has 0 aromatic heterocycles. The van der Waals surface area contributed by atoms with Crippen LogP contribution in [0.25, 0.3) is 0 Å². The monoisotopic (exact) mass is 448 g/mol. The van der Waals surface area contributed by atoms with E-state index in [0.29, 0.717) is 34.6 Å². The van der Waals surface area contributed by atoms with Gasteiger partial charge in [0.25, 0.3) is 0 Å². The Morgan fingerprint density at radius 2 is 1.61 bits per heavy atom. The number of rotatable bonds is 10. The SMILES string of the molecule is CCCCCCOc1ccc(C(=O)Oc2ccc(C(=O)OCC)cc2Br)cc1. The third-order valence-electron chi connectivity index (χ3n) is 4.00. The molecule has 0 aliphatic carbocycles. The average Bonchev–Trinajstić information content (AvgIpc) is 2.70. The van der Waals surface area contributed by atoms with Crippen LogP contribution in [-0.2, 0) is 4.74 Å². The smallest absolute Gasteiger partial charge is 0.343 e. The molecule has 0 aliphatic rings. The molecule has 0 saturated carbocycles. The van der Waals surface area contributed by atoms with Crippen molar-refractivity contribution < 1.29 is 23.8 Å². The number of carbonyl (C=O) groups is 2. The zero-order valence-electron chi connectivity index (χ0n) is 16.2. The second-order valence-electron chi connectivity index (χ2n) is 6.19. The van der Waals surface area contributed by atoms with Crippen molar-refractivity contribution >= 4 is 27.9 Å². The van der Waals surface area contributed by atoms with Crippen LogP contribution in [0.4, 0.5) is 0 Å². The molecule has 0 atom stereocenters. The molecule has 28 heavy (non-hydrogen) atoms. The number of hydrogen-bond donors (Lipinski definition) is 0. The lowest BCUT2D eigenvalue weighted by molar-refractivity contribution is 0.0526. The van der Waals surface area contributed by atoms with Crippen LogP contribution >= 0.6 is 15.9 Å². The fourth-order valence-corrected chi connectivity index (χ4v) is 2.95.